The molecule has 0 saturated carbocycles. The van der Waals surface area contributed by atoms with Crippen molar-refractivity contribution in [3.05, 3.63) is 408 Å². The minimum absolute atomic E-state index is 0.600. The summed E-state index contributed by atoms with van der Waals surface area (Å²) in [7, 11) is 0. The van der Waals surface area contributed by atoms with Gasteiger partial charge in [0.05, 0.1) is 10.8 Å². The standard InChI is InChI=1S/C102H60N6/c1-4-26-63(27-5-1)95-103-96(64-28-6-2-7-29-64)105-98(104-95)66-49-47-62(48-50-66)83-59-89-91(79-41-14-12-35-73(79)83)82-56-53-69-57-68(52-54-72(69)94(82)101(89)85-43-20-16-37-75(85)76-38-17-21-44-86(76)101)67-32-24-33-70(58-67)99-106-97(65-30-8-3-9-31-65)107-100(108-99)84-60-90-92(80-42-15-13-36-74(80)84)81-55-51-61-25-10-11-34-71(61)93(81)102(90)87-45-22-18-39-77(87)78-40-19-23-46-88(78)102/h1-60H. The van der Waals surface area contributed by atoms with Gasteiger partial charge >= 0.3 is 0 Å². The summed E-state index contributed by atoms with van der Waals surface area (Å²) in [6, 6.07) is 133. The molecular weight excluding hydrogens is 1310 g/mol. The molecule has 0 bridgehead atoms. The SMILES string of the molecule is c1ccc(-c2nc(-c3ccccc3)nc(-c3ccc(-c4cc5c(c6ccccc46)-c4ccc6cc(-c7cccc(-c8nc(-c9ccccc9)nc(-c9cc%10c(c%11ccccc9%11)-c9ccc%11ccccc%11c9C%109c%10ccccc%10-c%10ccccc%109)n8)c7)ccc6c4C54c5ccccc5-c5ccccc54)cc3)n2)cc1. The molecule has 17 aromatic carbocycles. The highest BCUT2D eigenvalue weighted by Gasteiger charge is 2.55. The first-order valence-corrected chi connectivity index (χ1v) is 37.1. The van der Waals surface area contributed by atoms with Crippen LogP contribution in [0.1, 0.15) is 44.5 Å². The molecule has 6 nitrogen and oxygen atoms in total. The Labute approximate surface area is 623 Å². The van der Waals surface area contributed by atoms with Gasteiger partial charge in [0.2, 0.25) is 0 Å². The van der Waals surface area contributed by atoms with Gasteiger partial charge in [-0.1, -0.05) is 340 Å². The average molecular weight is 1370 g/mol. The summed E-state index contributed by atoms with van der Waals surface area (Å²) in [6.07, 6.45) is 0. The molecule has 0 amide bonds. The molecular formula is C102H60N6. The first kappa shape index (κ1) is 60.2. The number of benzene rings is 17. The Morgan fingerprint density at radius 3 is 0.991 bits per heavy atom. The molecule has 2 spiro atoms. The van der Waals surface area contributed by atoms with E-state index in [4.69, 9.17) is 29.9 Å². The van der Waals surface area contributed by atoms with E-state index in [1.165, 1.54) is 122 Å². The lowest BCUT2D eigenvalue weighted by molar-refractivity contribution is 0.802. The maximum absolute atomic E-state index is 5.66. The molecule has 0 aliphatic heterocycles. The lowest BCUT2D eigenvalue weighted by atomic mass is 9.69. The van der Waals surface area contributed by atoms with Crippen molar-refractivity contribution in [2.75, 3.05) is 0 Å². The largest absolute Gasteiger partial charge is 0.208 e. The van der Waals surface area contributed by atoms with Gasteiger partial charge in [-0.2, -0.15) is 0 Å². The third-order valence-electron chi connectivity index (χ3n) is 23.6. The molecule has 4 aliphatic carbocycles. The quantitative estimate of drug-likeness (QED) is 0.151. The molecule has 6 heteroatoms. The number of hydrogen-bond donors (Lipinski definition) is 0. The molecule has 0 unspecified atom stereocenters. The van der Waals surface area contributed by atoms with Crippen LogP contribution in [-0.2, 0) is 10.8 Å². The molecule has 2 aromatic heterocycles. The second-order valence-electron chi connectivity index (χ2n) is 29.0. The number of nitrogens with zero attached hydrogens (tertiary/aromatic N) is 6. The molecule has 0 N–H and O–H groups in total. The maximum atomic E-state index is 5.66. The van der Waals surface area contributed by atoms with E-state index in [-0.39, 0.29) is 0 Å². The van der Waals surface area contributed by atoms with Crippen molar-refractivity contribution in [2.45, 2.75) is 10.8 Å². The van der Waals surface area contributed by atoms with E-state index in [0.717, 1.165) is 66.2 Å². The number of rotatable bonds is 8. The Morgan fingerprint density at radius 1 is 0.157 bits per heavy atom. The van der Waals surface area contributed by atoms with Crippen molar-refractivity contribution in [3.8, 4) is 135 Å². The third kappa shape index (κ3) is 8.53. The molecule has 0 saturated heterocycles. The summed E-state index contributed by atoms with van der Waals surface area (Å²) in [5.74, 6) is 3.72. The van der Waals surface area contributed by atoms with Crippen LogP contribution >= 0.6 is 0 Å². The van der Waals surface area contributed by atoms with Gasteiger partial charge in [-0.05, 0) is 179 Å². The predicted octanol–water partition coefficient (Wildman–Crippen LogP) is 24.7. The van der Waals surface area contributed by atoms with E-state index in [0.29, 0.717) is 34.9 Å². The lowest BCUT2D eigenvalue weighted by Crippen LogP contribution is -2.26. The zero-order valence-corrected chi connectivity index (χ0v) is 58.3. The van der Waals surface area contributed by atoms with Crippen LogP contribution in [0.2, 0.25) is 0 Å². The minimum atomic E-state index is -0.661. The van der Waals surface area contributed by atoms with E-state index >= 15 is 0 Å². The van der Waals surface area contributed by atoms with Crippen molar-refractivity contribution >= 4 is 43.1 Å². The highest BCUT2D eigenvalue weighted by molar-refractivity contribution is 6.16. The molecule has 108 heavy (non-hydrogen) atoms. The van der Waals surface area contributed by atoms with Crippen LogP contribution in [0.4, 0.5) is 0 Å². The van der Waals surface area contributed by atoms with Crippen molar-refractivity contribution < 1.29 is 0 Å². The lowest BCUT2D eigenvalue weighted by Gasteiger charge is -2.32. The van der Waals surface area contributed by atoms with Gasteiger partial charge in [0, 0.05) is 33.4 Å². The zero-order chi connectivity index (χ0) is 70.8. The Bertz CT molecular complexity index is 6900. The summed E-state index contributed by atoms with van der Waals surface area (Å²) in [5.41, 5.74) is 29.0. The van der Waals surface area contributed by atoms with E-state index in [2.05, 4.69) is 322 Å². The fraction of sp³-hybridized carbons (Fsp3) is 0.0196. The van der Waals surface area contributed by atoms with Crippen molar-refractivity contribution in [2.24, 2.45) is 0 Å². The summed E-state index contributed by atoms with van der Waals surface area (Å²) in [6.45, 7) is 0. The van der Waals surface area contributed by atoms with Crippen LogP contribution in [0.3, 0.4) is 0 Å². The topological polar surface area (TPSA) is 77.3 Å². The highest BCUT2D eigenvalue weighted by atomic mass is 15.0. The molecule has 4 aliphatic rings. The van der Waals surface area contributed by atoms with E-state index < -0.39 is 10.8 Å². The van der Waals surface area contributed by atoms with Gasteiger partial charge in [-0.15, -0.1) is 0 Å². The van der Waals surface area contributed by atoms with E-state index in [1.807, 2.05) is 42.5 Å². The van der Waals surface area contributed by atoms with Gasteiger partial charge in [0.15, 0.2) is 34.9 Å². The Kier molecular flexibility index (Phi) is 12.9. The Balaban J connectivity index is 0.675. The van der Waals surface area contributed by atoms with Gasteiger partial charge in [0.1, 0.15) is 0 Å². The average Bonchev–Trinajstić information content (AvgIpc) is 1.50. The van der Waals surface area contributed by atoms with Crippen LogP contribution in [0.15, 0.2) is 364 Å². The summed E-state index contributed by atoms with van der Waals surface area (Å²) < 4.78 is 0. The van der Waals surface area contributed by atoms with Crippen molar-refractivity contribution in [1.82, 2.24) is 29.9 Å². The van der Waals surface area contributed by atoms with Crippen LogP contribution in [0, 0.1) is 0 Å². The summed E-state index contributed by atoms with van der Waals surface area (Å²) in [5, 5.41) is 9.51. The second-order valence-corrected chi connectivity index (χ2v) is 29.0. The first-order chi connectivity index (χ1) is 53.5. The Morgan fingerprint density at radius 2 is 0.491 bits per heavy atom. The third-order valence-corrected chi connectivity index (χ3v) is 23.6. The molecule has 0 atom stereocenters. The highest BCUT2D eigenvalue weighted by Crippen LogP contribution is 2.68. The van der Waals surface area contributed by atoms with Gasteiger partial charge in [-0.3, -0.25) is 0 Å². The molecule has 19 aromatic rings. The normalized spacial score (nSPS) is 13.3. The second kappa shape index (κ2) is 23.1. The number of aromatic nitrogens is 6. The first-order valence-electron chi connectivity index (χ1n) is 37.1. The molecule has 2 heterocycles. The van der Waals surface area contributed by atoms with Crippen LogP contribution in [-0.4, -0.2) is 29.9 Å². The molecule has 0 radical (unpaired) electrons. The summed E-state index contributed by atoms with van der Waals surface area (Å²) in [4.78, 5) is 31.9. The van der Waals surface area contributed by atoms with Crippen LogP contribution in [0.5, 0.6) is 0 Å². The fourth-order valence-corrected chi connectivity index (χ4v) is 19.1. The molecule has 0 fully saturated rings. The molecule has 23 rings (SSSR count). The zero-order valence-electron chi connectivity index (χ0n) is 58.3. The number of hydrogen-bond acceptors (Lipinski definition) is 6. The minimum Gasteiger partial charge on any atom is -0.208 e. The van der Waals surface area contributed by atoms with Gasteiger partial charge in [0.25, 0.3) is 0 Å². The van der Waals surface area contributed by atoms with Gasteiger partial charge in [-0.25, -0.2) is 29.9 Å². The van der Waals surface area contributed by atoms with Crippen molar-refractivity contribution in [3.63, 3.8) is 0 Å². The Hall–Kier alpha value is -14.2. The number of fused-ring (bicyclic) bond motifs is 28. The van der Waals surface area contributed by atoms with E-state index in [9.17, 15) is 0 Å². The maximum Gasteiger partial charge on any atom is 0.164 e. The smallest absolute Gasteiger partial charge is 0.164 e. The van der Waals surface area contributed by atoms with Crippen LogP contribution < -0.4 is 0 Å². The van der Waals surface area contributed by atoms with Crippen molar-refractivity contribution in [1.29, 1.82) is 0 Å². The van der Waals surface area contributed by atoms with E-state index in [1.54, 1.807) is 0 Å². The fourth-order valence-electron chi connectivity index (χ4n) is 19.1. The van der Waals surface area contributed by atoms with Crippen LogP contribution in [0.25, 0.3) is 178 Å². The van der Waals surface area contributed by atoms with Gasteiger partial charge < -0.3 is 0 Å². The summed E-state index contributed by atoms with van der Waals surface area (Å²) >= 11 is 0. The monoisotopic (exact) mass is 1370 g/mol. The predicted molar refractivity (Wildman–Crippen MR) is 439 cm³/mol. The molecule has 498 valence electrons.